The maximum Gasteiger partial charge on any atom is 0.192 e. The van der Waals surface area contributed by atoms with Crippen molar-refractivity contribution in [1.82, 2.24) is 9.97 Å². The zero-order chi connectivity index (χ0) is 13.8. The number of rotatable bonds is 4. The van der Waals surface area contributed by atoms with Crippen LogP contribution in [0.5, 0.6) is 0 Å². The summed E-state index contributed by atoms with van der Waals surface area (Å²) in [4.78, 5) is 10.3. The lowest BCUT2D eigenvalue weighted by molar-refractivity contribution is -0.00461. The molecule has 0 aromatic carbocycles. The van der Waals surface area contributed by atoms with Gasteiger partial charge in [-0.25, -0.2) is 9.97 Å². The van der Waals surface area contributed by atoms with Gasteiger partial charge in [0.05, 0.1) is 0 Å². The second-order valence-electron chi connectivity index (χ2n) is 4.17. The van der Waals surface area contributed by atoms with Gasteiger partial charge >= 0.3 is 0 Å². The molecule has 2 unspecified atom stereocenters. The van der Waals surface area contributed by atoms with Crippen molar-refractivity contribution in [2.45, 2.75) is 12.2 Å². The molecule has 1 aromatic rings. The number of methoxy groups -OCH3 is 2. The van der Waals surface area contributed by atoms with Crippen LogP contribution >= 0.6 is 0 Å². The lowest BCUT2D eigenvalue weighted by Crippen LogP contribution is -2.27. The van der Waals surface area contributed by atoms with Crippen LogP contribution in [0.4, 0.5) is 5.82 Å². The molecule has 0 amide bonds. The SMILES string of the molecule is COC1CN(c2nccnc2C(N)=NO)CC1OC. The minimum absolute atomic E-state index is 0.0489. The fraction of sp³-hybridized carbons (Fsp3) is 0.545. The number of amidine groups is 1. The van der Waals surface area contributed by atoms with Crippen LogP contribution < -0.4 is 10.6 Å². The highest BCUT2D eigenvalue weighted by Crippen LogP contribution is 2.23. The number of hydrogen-bond acceptors (Lipinski definition) is 7. The highest BCUT2D eigenvalue weighted by Gasteiger charge is 2.35. The van der Waals surface area contributed by atoms with Gasteiger partial charge in [-0.2, -0.15) is 0 Å². The molecular weight excluding hydrogens is 250 g/mol. The molecule has 0 radical (unpaired) electrons. The van der Waals surface area contributed by atoms with Gasteiger partial charge in [-0.05, 0) is 0 Å². The molecule has 8 heteroatoms. The minimum atomic E-state index is -0.0714. The van der Waals surface area contributed by atoms with Crippen molar-refractivity contribution in [2.75, 3.05) is 32.2 Å². The predicted octanol–water partition coefficient (Wildman–Crippen LogP) is -0.579. The molecule has 0 spiro atoms. The number of aromatic nitrogens is 2. The Hall–Kier alpha value is -1.93. The Balaban J connectivity index is 2.28. The zero-order valence-corrected chi connectivity index (χ0v) is 10.9. The smallest absolute Gasteiger partial charge is 0.192 e. The van der Waals surface area contributed by atoms with Crippen molar-refractivity contribution in [3.63, 3.8) is 0 Å². The maximum absolute atomic E-state index is 8.78. The minimum Gasteiger partial charge on any atom is -0.409 e. The van der Waals surface area contributed by atoms with Crippen molar-refractivity contribution in [2.24, 2.45) is 10.9 Å². The molecule has 104 valence electrons. The van der Waals surface area contributed by atoms with Gasteiger partial charge in [0.25, 0.3) is 0 Å². The van der Waals surface area contributed by atoms with E-state index in [0.29, 0.717) is 24.6 Å². The summed E-state index contributed by atoms with van der Waals surface area (Å²) in [5, 5.41) is 11.8. The predicted molar refractivity (Wildman–Crippen MR) is 68.3 cm³/mol. The number of nitrogens with zero attached hydrogens (tertiary/aromatic N) is 4. The molecule has 0 bridgehead atoms. The summed E-state index contributed by atoms with van der Waals surface area (Å²) in [5.41, 5.74) is 5.95. The Morgan fingerprint density at radius 1 is 1.32 bits per heavy atom. The van der Waals surface area contributed by atoms with Crippen molar-refractivity contribution in [3.8, 4) is 0 Å². The molecule has 2 heterocycles. The van der Waals surface area contributed by atoms with E-state index in [9.17, 15) is 0 Å². The molecule has 1 aromatic heterocycles. The first kappa shape index (κ1) is 13.5. The average molecular weight is 267 g/mol. The Morgan fingerprint density at radius 2 is 1.89 bits per heavy atom. The molecule has 8 nitrogen and oxygen atoms in total. The molecule has 0 saturated carbocycles. The molecule has 1 aliphatic rings. The molecule has 1 saturated heterocycles. The molecule has 1 aliphatic heterocycles. The van der Waals surface area contributed by atoms with Crippen LogP contribution in [0.3, 0.4) is 0 Å². The van der Waals surface area contributed by atoms with Gasteiger partial charge in [0.1, 0.15) is 12.2 Å². The molecule has 1 fully saturated rings. The first-order valence-corrected chi connectivity index (χ1v) is 5.80. The van der Waals surface area contributed by atoms with Crippen LogP contribution in [0.1, 0.15) is 5.69 Å². The van der Waals surface area contributed by atoms with Crippen molar-refractivity contribution in [1.29, 1.82) is 0 Å². The van der Waals surface area contributed by atoms with Crippen LogP contribution in [0, 0.1) is 0 Å². The number of ether oxygens (including phenoxy) is 2. The van der Waals surface area contributed by atoms with Crippen LogP contribution in [0.25, 0.3) is 0 Å². The summed E-state index contributed by atoms with van der Waals surface area (Å²) < 4.78 is 10.7. The highest BCUT2D eigenvalue weighted by atomic mass is 16.5. The fourth-order valence-electron chi connectivity index (χ4n) is 2.16. The normalized spacial score (nSPS) is 23.9. The molecule has 2 atom stereocenters. The number of hydrogen-bond donors (Lipinski definition) is 2. The van der Waals surface area contributed by atoms with E-state index in [2.05, 4.69) is 15.1 Å². The summed E-state index contributed by atoms with van der Waals surface area (Å²) in [6.45, 7) is 1.22. The van der Waals surface area contributed by atoms with Crippen molar-refractivity contribution < 1.29 is 14.7 Å². The Bertz CT molecular complexity index is 455. The van der Waals surface area contributed by atoms with E-state index < -0.39 is 0 Å². The second-order valence-corrected chi connectivity index (χ2v) is 4.17. The summed E-state index contributed by atoms with van der Waals surface area (Å²) in [6.07, 6.45) is 2.96. The van der Waals surface area contributed by atoms with Crippen LogP contribution in [-0.2, 0) is 9.47 Å². The van der Waals surface area contributed by atoms with Gasteiger partial charge in [-0.15, -0.1) is 0 Å². The van der Waals surface area contributed by atoms with E-state index in [0.717, 1.165) is 0 Å². The molecule has 0 aliphatic carbocycles. The Kier molecular flexibility index (Phi) is 4.13. The van der Waals surface area contributed by atoms with E-state index in [4.69, 9.17) is 20.4 Å². The summed E-state index contributed by atoms with van der Waals surface area (Å²) >= 11 is 0. The summed E-state index contributed by atoms with van der Waals surface area (Å²) in [5.74, 6) is 0.484. The lowest BCUT2D eigenvalue weighted by atomic mass is 10.3. The third kappa shape index (κ3) is 2.59. The fourth-order valence-corrected chi connectivity index (χ4v) is 2.16. The third-order valence-corrected chi connectivity index (χ3v) is 3.15. The van der Waals surface area contributed by atoms with Crippen molar-refractivity contribution in [3.05, 3.63) is 18.1 Å². The van der Waals surface area contributed by atoms with Crippen LogP contribution in [0.15, 0.2) is 17.5 Å². The third-order valence-electron chi connectivity index (χ3n) is 3.15. The number of nitrogens with two attached hydrogens (primary N) is 1. The van der Waals surface area contributed by atoms with Crippen LogP contribution in [-0.4, -0.2) is 60.5 Å². The standard InChI is InChI=1S/C11H17N5O3/c1-18-7-5-16(6-8(7)19-2)11-9(10(12)15-17)13-3-4-14-11/h3-4,7-8,17H,5-6H2,1-2H3,(H2,12,15). The van der Waals surface area contributed by atoms with Gasteiger partial charge in [0.2, 0.25) is 0 Å². The van der Waals surface area contributed by atoms with E-state index in [-0.39, 0.29) is 18.0 Å². The molecule has 2 rings (SSSR count). The van der Waals surface area contributed by atoms with Gasteiger partial charge < -0.3 is 25.3 Å². The van der Waals surface area contributed by atoms with Crippen molar-refractivity contribution >= 4 is 11.7 Å². The lowest BCUT2D eigenvalue weighted by Gasteiger charge is -2.18. The number of anilines is 1. The summed E-state index contributed by atoms with van der Waals surface area (Å²) in [7, 11) is 3.28. The first-order chi connectivity index (χ1) is 9.21. The summed E-state index contributed by atoms with van der Waals surface area (Å²) in [6, 6.07) is 0. The topological polar surface area (TPSA) is 106 Å². The average Bonchev–Trinajstić information content (AvgIpc) is 2.89. The Labute approximate surface area is 110 Å². The maximum atomic E-state index is 8.78. The van der Waals surface area contributed by atoms with Gasteiger partial charge in [0, 0.05) is 39.7 Å². The largest absolute Gasteiger partial charge is 0.409 e. The van der Waals surface area contributed by atoms with E-state index in [1.165, 1.54) is 6.20 Å². The van der Waals surface area contributed by atoms with Gasteiger partial charge in [0.15, 0.2) is 17.3 Å². The highest BCUT2D eigenvalue weighted by molar-refractivity contribution is 5.99. The molecular formula is C11H17N5O3. The van der Waals surface area contributed by atoms with E-state index in [1.807, 2.05) is 4.90 Å². The van der Waals surface area contributed by atoms with Gasteiger partial charge in [-0.3, -0.25) is 0 Å². The van der Waals surface area contributed by atoms with E-state index >= 15 is 0 Å². The van der Waals surface area contributed by atoms with Crippen LogP contribution in [0.2, 0.25) is 0 Å². The number of oxime groups is 1. The van der Waals surface area contributed by atoms with E-state index in [1.54, 1.807) is 20.4 Å². The quantitative estimate of drug-likeness (QED) is 0.325. The second kappa shape index (κ2) is 5.81. The molecule has 3 N–H and O–H groups in total. The monoisotopic (exact) mass is 267 g/mol. The van der Waals surface area contributed by atoms with Gasteiger partial charge in [-0.1, -0.05) is 5.16 Å². The molecule has 19 heavy (non-hydrogen) atoms. The first-order valence-electron chi connectivity index (χ1n) is 5.80. The Morgan fingerprint density at radius 3 is 2.42 bits per heavy atom. The zero-order valence-electron chi connectivity index (χ0n) is 10.9.